The Morgan fingerprint density at radius 1 is 0.423 bits per heavy atom. The second-order valence-electron chi connectivity index (χ2n) is 34.1. The van der Waals surface area contributed by atoms with Gasteiger partial charge in [-0.05, 0) is 225 Å². The van der Waals surface area contributed by atoms with Crippen LogP contribution in [-0.4, -0.2) is 248 Å². The van der Waals surface area contributed by atoms with Crippen LogP contribution >= 0.6 is 0 Å². The first kappa shape index (κ1) is 103. The van der Waals surface area contributed by atoms with Crippen molar-refractivity contribution < 1.29 is 51.7 Å². The monoisotopic (exact) mass is 1600 g/mol. The van der Waals surface area contributed by atoms with Crippen LogP contribution in [0.3, 0.4) is 0 Å². The molecule has 0 aromatic heterocycles. The van der Waals surface area contributed by atoms with Crippen molar-refractivity contribution in [3.8, 4) is 0 Å². The molecule has 8 heterocycles. The highest BCUT2D eigenvalue weighted by atomic mass is 32.2. The molecule has 1 unspecified atom stereocenters. The van der Waals surface area contributed by atoms with Gasteiger partial charge in [0.1, 0.15) is 0 Å². The summed E-state index contributed by atoms with van der Waals surface area (Å²) >= 11 is 0. The van der Waals surface area contributed by atoms with Gasteiger partial charge in [-0.25, -0.2) is 55.7 Å². The third-order valence-electron chi connectivity index (χ3n) is 19.8. The molecule has 0 aliphatic carbocycles. The van der Waals surface area contributed by atoms with Crippen LogP contribution in [0.15, 0.2) is 0 Å². The van der Waals surface area contributed by atoms with Gasteiger partial charge in [-0.15, -0.1) is 0 Å². The number of sulfonamides is 4. The number of urea groups is 1. The van der Waals surface area contributed by atoms with Gasteiger partial charge in [-0.1, -0.05) is 151 Å². The van der Waals surface area contributed by atoms with Crippen molar-refractivity contribution in [1.82, 2.24) is 37.2 Å². The molecule has 8 aliphatic rings. The van der Waals surface area contributed by atoms with Crippen molar-refractivity contribution in [1.29, 1.82) is 0 Å². The minimum atomic E-state index is -2.95. The highest BCUT2D eigenvalue weighted by Crippen LogP contribution is 2.25. The lowest BCUT2D eigenvalue weighted by Crippen LogP contribution is -2.40. The first-order valence-electron chi connectivity index (χ1n) is 40.5. The summed E-state index contributed by atoms with van der Waals surface area (Å²) in [5.41, 5.74) is 0. The van der Waals surface area contributed by atoms with Crippen LogP contribution < -0.4 is 5.32 Å². The molecule has 20 nitrogen and oxygen atoms in total. The second kappa shape index (κ2) is 53.5. The Hall–Kier alpha value is -1.46. The zero-order valence-corrected chi connectivity index (χ0v) is 73.6. The number of nitrogens with one attached hydrogen (secondary N) is 1. The number of piperidine rings is 1. The molecule has 0 spiro atoms. The van der Waals surface area contributed by atoms with E-state index in [4.69, 9.17) is 0 Å². The molecule has 1 atom stereocenters. The van der Waals surface area contributed by atoms with Crippen LogP contribution in [0.4, 0.5) is 4.79 Å². The fraction of sp³-hybridized carbons (Fsp3) is 0.949. The summed E-state index contributed by atoms with van der Waals surface area (Å²) in [6.45, 7) is 51.1. The van der Waals surface area contributed by atoms with Crippen molar-refractivity contribution in [3.63, 3.8) is 0 Å². The number of likely N-dealkylation sites (tertiary alicyclic amines) is 1. The van der Waals surface area contributed by atoms with Crippen LogP contribution in [0.1, 0.15) is 266 Å². The van der Waals surface area contributed by atoms with E-state index in [9.17, 15) is 51.7 Å². The highest BCUT2D eigenvalue weighted by molar-refractivity contribution is 8.01. The topological polar surface area (TPSA) is 240 Å². The first-order chi connectivity index (χ1) is 47.9. The number of unbranched alkanes of at least 4 members (excludes halogenated alkanes) is 1. The minimum absolute atomic E-state index is 0. The number of amides is 3. The van der Waals surface area contributed by atoms with Gasteiger partial charge < -0.3 is 15.1 Å². The Labute approximate surface area is 643 Å². The largest absolute Gasteiger partial charge is 0.329 e. The van der Waals surface area contributed by atoms with Gasteiger partial charge in [-0.2, -0.15) is 0 Å². The molecule has 3 amide bonds. The highest BCUT2D eigenvalue weighted by Gasteiger charge is 2.32. The number of hydrogen-bond acceptors (Lipinski definition) is 14. The van der Waals surface area contributed by atoms with Gasteiger partial charge >= 0.3 is 6.03 Å². The van der Waals surface area contributed by atoms with E-state index in [-0.39, 0.29) is 25.9 Å². The third kappa shape index (κ3) is 49.0. The van der Waals surface area contributed by atoms with Crippen LogP contribution in [0.2, 0.25) is 0 Å². The molecule has 0 saturated carbocycles. The van der Waals surface area contributed by atoms with Gasteiger partial charge in [0.05, 0.1) is 29.6 Å². The van der Waals surface area contributed by atoms with E-state index in [1.807, 2.05) is 0 Å². The van der Waals surface area contributed by atoms with Gasteiger partial charge in [-0.3, -0.25) is 18.1 Å². The average Bonchev–Trinajstić information content (AvgIpc) is 1.38. The predicted octanol–water partition coefficient (Wildman–Crippen LogP) is 13.8. The lowest BCUT2D eigenvalue weighted by molar-refractivity contribution is -0.125. The van der Waals surface area contributed by atoms with Crippen LogP contribution in [0.5, 0.6) is 0 Å². The molecular weight excluding hydrogens is 1430 g/mol. The number of hydrogen-bond donors (Lipinski definition) is 1. The van der Waals surface area contributed by atoms with E-state index in [0.717, 1.165) is 201 Å². The number of carbonyl (C=O) groups excluding carboxylic acids is 2. The lowest BCUT2D eigenvalue weighted by Gasteiger charge is -2.30. The molecule has 0 aromatic carbocycles. The lowest BCUT2D eigenvalue weighted by atomic mass is 10.0. The molecule has 1 N–H and O–H groups in total. The maximum Gasteiger partial charge on any atom is 0.324 e. The number of nitrogens with zero attached hydrogens (tertiary/aromatic N) is 7. The van der Waals surface area contributed by atoms with Crippen LogP contribution in [0, 0.1) is 59.2 Å². The maximum absolute atomic E-state index is 11.9. The van der Waals surface area contributed by atoms with Gasteiger partial charge in [0.25, 0.3) is 0 Å². The molecule has 26 heteroatoms. The Morgan fingerprint density at radius 2 is 0.817 bits per heavy atom. The predicted molar refractivity (Wildman–Crippen MR) is 449 cm³/mol. The fourth-order valence-electron chi connectivity index (χ4n) is 13.0. The van der Waals surface area contributed by atoms with E-state index in [1.54, 1.807) is 17.2 Å². The summed E-state index contributed by atoms with van der Waals surface area (Å²) in [5.74, 6) is 19.4. The van der Waals surface area contributed by atoms with Crippen molar-refractivity contribution in [3.05, 3.63) is 0 Å². The van der Waals surface area contributed by atoms with Crippen molar-refractivity contribution in [2.75, 3.05) is 151 Å². The summed E-state index contributed by atoms with van der Waals surface area (Å²) in [4.78, 5) is 28.4. The zero-order valence-electron chi connectivity index (χ0n) is 68.7. The summed E-state index contributed by atoms with van der Waals surface area (Å²) in [5, 5.41) is 2.48. The molecule has 104 heavy (non-hydrogen) atoms. The Morgan fingerprint density at radius 3 is 1.20 bits per heavy atom. The Balaban J connectivity index is 0.00000117. The molecule has 0 bridgehead atoms. The van der Waals surface area contributed by atoms with Gasteiger partial charge in [0.15, 0.2) is 0 Å². The standard InChI is InChI=1S/C11H23NO2S.C11H23NOS.C11H23N.C10H21NO2S.C9H19NO2S.C9H18OS.C8H14N2O2.C8H17NO2S.CH4/c1-11(2)7-6-10-15(13,14)12-8-4-3-5-9-12;1-11(2)5-4-6-12-7-9-14(3,13)10-8-12;1-10(2)5-4-7-12-8-6-11(3)9-12;1-10(2)6-3-4-7-11-8-5-9-14(11,12)13;1-9(2)5-3-6-10-7-4-8-13(10,11)12;1-8(2)4-5-9-6-11(3,10)7-9;1-6(2)3-4-10-7(11)5-9-8(10)12;1-8(2)4-6-9-5-3-7-12(9,10)11;/h11H,3-10H2,1-2H3;11H,3-10H2,1-2H3;10-11H,4-9H2,1-3H3;10H,3-9H2,1-2H3;9H,3-8H2,1-2H3;8-9H,3-7H2,1-2H3;6H,3-5H2,1-2H3,(H,9,12);8H,3-7H2,1-2H3;1H4. The number of rotatable bonds is 31. The van der Waals surface area contributed by atoms with Gasteiger partial charge in [0, 0.05) is 102 Å². The van der Waals surface area contributed by atoms with E-state index < -0.39 is 59.1 Å². The van der Waals surface area contributed by atoms with E-state index in [1.165, 1.54) is 88.9 Å². The summed E-state index contributed by atoms with van der Waals surface area (Å²) in [7, 11) is -14.8. The first-order valence-corrected chi connectivity index (χ1v) is 51.0. The zero-order chi connectivity index (χ0) is 78.2. The van der Waals surface area contributed by atoms with Crippen LogP contribution in [-0.2, 0) is 63.9 Å². The quantitative estimate of drug-likeness (QED) is 0.0386. The summed E-state index contributed by atoms with van der Waals surface area (Å²) in [6, 6.07) is -0.249. The molecule has 8 fully saturated rings. The number of imide groups is 1. The summed E-state index contributed by atoms with van der Waals surface area (Å²) in [6.07, 6.45) is 24.1. The molecule has 622 valence electrons. The fourth-order valence-corrected chi connectivity index (χ4v) is 22.6. The van der Waals surface area contributed by atoms with Crippen molar-refractivity contribution in [2.45, 2.75) is 266 Å². The molecule has 8 saturated heterocycles. The maximum atomic E-state index is 11.9. The second-order valence-corrected chi connectivity index (χ2v) is 47.8. The molecule has 8 aliphatic heterocycles. The van der Waals surface area contributed by atoms with E-state index in [2.05, 4.69) is 145 Å². The van der Waals surface area contributed by atoms with E-state index in [0.29, 0.717) is 59.8 Å². The summed E-state index contributed by atoms with van der Waals surface area (Å²) < 4.78 is 121. The van der Waals surface area contributed by atoms with Crippen LogP contribution in [0.25, 0.3) is 0 Å². The minimum Gasteiger partial charge on any atom is -0.329 e. The molecule has 0 radical (unpaired) electrons. The third-order valence-corrected chi connectivity index (χ3v) is 31.6. The van der Waals surface area contributed by atoms with Crippen molar-refractivity contribution >= 4 is 82.8 Å². The molecular formula is C78H162N8O12S6. The smallest absolute Gasteiger partial charge is 0.324 e. The number of carbonyl (C=O) groups is 2. The average molecular weight is 1600 g/mol. The molecule has 0 aromatic rings. The molecule has 8 rings (SSSR count). The Bertz CT molecular complexity index is 2940. The van der Waals surface area contributed by atoms with Gasteiger partial charge in [0.2, 0.25) is 46.0 Å². The normalized spacial score (nSPS) is 23.3. The van der Waals surface area contributed by atoms with E-state index >= 15 is 0 Å². The SMILES string of the molecule is C.C=S1(=O)CC(CCC(C)C)C1.C=S1(=O)CCN(CCCC(C)C)CC1.CC(C)CCCCN1CCCS1(=O)=O.CC(C)CCCN1CCC(C)C1.CC(C)CCCN1CCCS1(=O)=O.CC(C)CCCS(=O)(=O)N1CCCCC1.CC(C)CCN1C(=O)CNC1=O.CC(C)CCN1CCCS1(=O)=O. The van der Waals surface area contributed by atoms with Crippen molar-refractivity contribution in [2.24, 2.45) is 59.2 Å². The Kier molecular flexibility index (Phi) is 52.7.